The minimum atomic E-state index is -5.06. The van der Waals surface area contributed by atoms with Gasteiger partial charge in [0.15, 0.2) is 0 Å². The fraction of sp³-hybridized carbons (Fsp3) is 0.333. The third-order valence-corrected chi connectivity index (χ3v) is 6.17. The van der Waals surface area contributed by atoms with Gasteiger partial charge in [0, 0.05) is 27.7 Å². The quantitative estimate of drug-likeness (QED) is 0.643. The maximum Gasteiger partial charge on any atom is 0.471 e. The number of hydrogen-bond donors (Lipinski definition) is 1. The molecule has 9 heteroatoms. The third kappa shape index (κ3) is 4.30. The van der Waals surface area contributed by atoms with Crippen LogP contribution in [0.1, 0.15) is 29.5 Å². The second-order valence-corrected chi connectivity index (χ2v) is 8.03. The van der Waals surface area contributed by atoms with Gasteiger partial charge in [-0.15, -0.1) is 0 Å². The molecule has 1 unspecified atom stereocenters. The van der Waals surface area contributed by atoms with Gasteiger partial charge in [0.25, 0.3) is 0 Å². The lowest BCUT2D eigenvalue weighted by atomic mass is 9.89. The summed E-state index contributed by atoms with van der Waals surface area (Å²) in [5, 5.41) is 9.25. The second-order valence-electron chi connectivity index (χ2n) is 7.18. The molecule has 0 fully saturated rings. The highest BCUT2D eigenvalue weighted by molar-refractivity contribution is 9.10. The molecule has 3 rings (SSSR count). The maximum absolute atomic E-state index is 13.3. The number of aliphatic carboxylic acids is 1. The van der Waals surface area contributed by atoms with E-state index in [-0.39, 0.29) is 24.6 Å². The van der Waals surface area contributed by atoms with E-state index in [9.17, 15) is 27.9 Å². The van der Waals surface area contributed by atoms with E-state index in [1.54, 1.807) is 32.0 Å². The van der Waals surface area contributed by atoms with Crippen LogP contribution < -0.4 is 9.64 Å². The Kier molecular flexibility index (Phi) is 6.12. The van der Waals surface area contributed by atoms with Crippen molar-refractivity contribution in [2.45, 2.75) is 32.5 Å². The first-order valence-electron chi connectivity index (χ1n) is 9.13. The zero-order valence-electron chi connectivity index (χ0n) is 16.2. The van der Waals surface area contributed by atoms with Crippen LogP contribution in [0.15, 0.2) is 40.9 Å². The minimum Gasteiger partial charge on any atom is -0.493 e. The van der Waals surface area contributed by atoms with Crippen LogP contribution in [-0.4, -0.2) is 29.8 Å². The molecule has 1 N–H and O–H groups in total. The number of halogens is 4. The smallest absolute Gasteiger partial charge is 0.471 e. The number of carbonyl (C=O) groups excluding carboxylic acids is 1. The number of anilines is 1. The molecule has 5 nitrogen and oxygen atoms in total. The number of carboxylic acid groups (broad SMARTS) is 1. The molecular formula is C21H19BrF3NO4. The molecule has 30 heavy (non-hydrogen) atoms. The molecule has 0 saturated heterocycles. The van der Waals surface area contributed by atoms with Crippen molar-refractivity contribution in [3.8, 4) is 5.75 Å². The van der Waals surface area contributed by atoms with Gasteiger partial charge in [-0.25, -0.2) is 0 Å². The lowest BCUT2D eigenvalue weighted by Gasteiger charge is -2.25. The van der Waals surface area contributed by atoms with Gasteiger partial charge in [0.05, 0.1) is 19.1 Å². The molecule has 0 radical (unpaired) electrons. The van der Waals surface area contributed by atoms with Crippen LogP contribution in [-0.2, 0) is 16.1 Å². The summed E-state index contributed by atoms with van der Waals surface area (Å²) in [4.78, 5) is 24.2. The summed E-state index contributed by atoms with van der Waals surface area (Å²) in [5.41, 5.74) is 1.91. The summed E-state index contributed by atoms with van der Waals surface area (Å²) in [6, 6.07) is 9.40. The number of amides is 1. The average Bonchev–Trinajstić information content (AvgIpc) is 3.10. The van der Waals surface area contributed by atoms with E-state index < -0.39 is 29.9 Å². The summed E-state index contributed by atoms with van der Waals surface area (Å²) < 4.78 is 46.2. The third-order valence-electron chi connectivity index (χ3n) is 5.32. The van der Waals surface area contributed by atoms with Crippen LogP contribution in [0.4, 0.5) is 18.9 Å². The first kappa shape index (κ1) is 22.1. The summed E-state index contributed by atoms with van der Waals surface area (Å²) in [6.45, 7) is 3.13. The van der Waals surface area contributed by atoms with E-state index in [1.807, 2.05) is 0 Å². The predicted octanol–water partition coefficient (Wildman–Crippen LogP) is 5.05. The maximum atomic E-state index is 13.3. The number of alkyl halides is 3. The van der Waals surface area contributed by atoms with Crippen molar-refractivity contribution in [3.63, 3.8) is 0 Å². The van der Waals surface area contributed by atoms with E-state index in [0.717, 1.165) is 10.0 Å². The SMILES string of the molecule is Cc1c(Br)cccc1CN(C(=O)C(F)(F)F)c1ccc2c(c1)OC[C@H]2C(C)C(=O)O. The second kappa shape index (κ2) is 8.29. The van der Waals surface area contributed by atoms with Gasteiger partial charge in [-0.3, -0.25) is 9.59 Å². The molecule has 0 spiro atoms. The van der Waals surface area contributed by atoms with E-state index in [2.05, 4.69) is 15.9 Å². The molecule has 1 aliphatic rings. The number of benzene rings is 2. The van der Waals surface area contributed by atoms with Crippen LogP contribution >= 0.6 is 15.9 Å². The molecule has 0 saturated carbocycles. The number of carboxylic acids is 1. The molecule has 2 atom stereocenters. The van der Waals surface area contributed by atoms with Gasteiger partial charge in [-0.1, -0.05) is 41.1 Å². The average molecular weight is 486 g/mol. The first-order chi connectivity index (χ1) is 14.0. The summed E-state index contributed by atoms with van der Waals surface area (Å²) in [7, 11) is 0. The molecule has 2 aromatic carbocycles. The Morgan fingerprint density at radius 2 is 2.00 bits per heavy atom. The Bertz CT molecular complexity index is 993. The van der Waals surface area contributed by atoms with Gasteiger partial charge in [0.1, 0.15) is 5.75 Å². The molecule has 2 aromatic rings. The van der Waals surface area contributed by atoms with Gasteiger partial charge in [0.2, 0.25) is 0 Å². The molecule has 0 aromatic heterocycles. The molecule has 160 valence electrons. The number of nitrogens with zero attached hydrogens (tertiary/aromatic N) is 1. The van der Waals surface area contributed by atoms with Crippen molar-refractivity contribution in [3.05, 3.63) is 57.6 Å². The van der Waals surface area contributed by atoms with Crippen molar-refractivity contribution >= 4 is 33.5 Å². The van der Waals surface area contributed by atoms with Crippen molar-refractivity contribution in [2.75, 3.05) is 11.5 Å². The zero-order valence-corrected chi connectivity index (χ0v) is 17.8. The van der Waals surface area contributed by atoms with Crippen LogP contribution in [0.3, 0.4) is 0 Å². The summed E-state index contributed by atoms with van der Waals surface area (Å²) >= 11 is 3.35. The summed E-state index contributed by atoms with van der Waals surface area (Å²) in [5.74, 6) is -3.81. The molecule has 1 amide bonds. The molecule has 0 bridgehead atoms. The Morgan fingerprint density at radius 1 is 1.30 bits per heavy atom. The van der Waals surface area contributed by atoms with Crippen molar-refractivity contribution in [1.29, 1.82) is 0 Å². The van der Waals surface area contributed by atoms with Crippen molar-refractivity contribution in [2.24, 2.45) is 5.92 Å². The largest absolute Gasteiger partial charge is 0.493 e. The normalized spacial score (nSPS) is 16.5. The first-order valence-corrected chi connectivity index (χ1v) is 9.92. The van der Waals surface area contributed by atoms with E-state index >= 15 is 0 Å². The Morgan fingerprint density at radius 3 is 2.63 bits per heavy atom. The Balaban J connectivity index is 2.00. The monoisotopic (exact) mass is 485 g/mol. The number of ether oxygens (including phenoxy) is 1. The number of fused-ring (bicyclic) bond motifs is 1. The van der Waals surface area contributed by atoms with Gasteiger partial charge >= 0.3 is 18.1 Å². The lowest BCUT2D eigenvalue weighted by molar-refractivity contribution is -0.170. The standard InChI is InChI=1S/C21H19BrF3NO4/c1-11-13(4-3-5-17(11)22)9-26(20(29)21(23,24)25)14-6-7-15-16(12(2)19(27)28)10-30-18(15)8-14/h3-8,12,16H,9-10H2,1-2H3,(H,27,28)/t12?,16-/m0/s1. The zero-order chi connectivity index (χ0) is 22.2. The van der Waals surface area contributed by atoms with Crippen molar-refractivity contribution in [1.82, 2.24) is 0 Å². The van der Waals surface area contributed by atoms with E-state index in [1.165, 1.54) is 18.2 Å². The fourth-order valence-electron chi connectivity index (χ4n) is 3.40. The number of rotatable bonds is 5. The van der Waals surface area contributed by atoms with Crippen LogP contribution in [0.2, 0.25) is 0 Å². The van der Waals surface area contributed by atoms with Crippen LogP contribution in [0.25, 0.3) is 0 Å². The van der Waals surface area contributed by atoms with E-state index in [4.69, 9.17) is 4.74 Å². The number of hydrogen-bond acceptors (Lipinski definition) is 3. The van der Waals surface area contributed by atoms with Crippen LogP contribution in [0, 0.1) is 12.8 Å². The molecule has 1 heterocycles. The molecule has 0 aliphatic carbocycles. The minimum absolute atomic E-state index is 0.0269. The molecule has 1 aliphatic heterocycles. The Hall–Kier alpha value is -2.55. The van der Waals surface area contributed by atoms with E-state index in [0.29, 0.717) is 16.0 Å². The Labute approximate surface area is 179 Å². The fourth-order valence-corrected chi connectivity index (χ4v) is 3.81. The highest BCUT2D eigenvalue weighted by atomic mass is 79.9. The number of carbonyl (C=O) groups is 2. The highest BCUT2D eigenvalue weighted by Crippen LogP contribution is 2.41. The highest BCUT2D eigenvalue weighted by Gasteiger charge is 2.43. The summed E-state index contributed by atoms with van der Waals surface area (Å²) in [6.07, 6.45) is -5.06. The van der Waals surface area contributed by atoms with Gasteiger partial charge in [-0.05, 0) is 30.2 Å². The predicted molar refractivity (Wildman–Crippen MR) is 108 cm³/mol. The van der Waals surface area contributed by atoms with Gasteiger partial charge in [-0.2, -0.15) is 13.2 Å². The van der Waals surface area contributed by atoms with Gasteiger partial charge < -0.3 is 14.7 Å². The molecular weight excluding hydrogens is 467 g/mol. The van der Waals surface area contributed by atoms with Crippen LogP contribution in [0.5, 0.6) is 5.75 Å². The van der Waals surface area contributed by atoms with Crippen molar-refractivity contribution < 1.29 is 32.6 Å². The lowest BCUT2D eigenvalue weighted by Crippen LogP contribution is -2.41. The topological polar surface area (TPSA) is 66.8 Å².